The molecule has 1 N–H and O–H groups in total. The van der Waals surface area contributed by atoms with Crippen LogP contribution in [-0.4, -0.2) is 15.9 Å². The first-order valence-corrected chi connectivity index (χ1v) is 9.93. The molecule has 2 aromatic carbocycles. The lowest BCUT2D eigenvalue weighted by Gasteiger charge is -2.18. The molecule has 1 amide bonds. The molecule has 0 saturated carbocycles. The van der Waals surface area contributed by atoms with Gasteiger partial charge in [-0.05, 0) is 48.9 Å². The first kappa shape index (κ1) is 19.0. The van der Waals surface area contributed by atoms with Crippen molar-refractivity contribution in [2.24, 2.45) is 0 Å². The Morgan fingerprint density at radius 2 is 1.72 bits per heavy atom. The molecule has 29 heavy (non-hydrogen) atoms. The quantitative estimate of drug-likeness (QED) is 0.500. The Balaban J connectivity index is 1.64. The standard InChI is InChI=1S/C23H18FN3OS/c1-15-21(29-23(26-15)17-10-12-18(24)13-11-17)22(28)27-20(16-7-3-2-4-8-16)19-9-5-6-14-25-19/h2-14,20H,1H3,(H,27,28). The van der Waals surface area contributed by atoms with E-state index in [4.69, 9.17) is 0 Å². The Hall–Kier alpha value is -3.38. The zero-order valence-electron chi connectivity index (χ0n) is 15.7. The average Bonchev–Trinajstić information content (AvgIpc) is 3.15. The molecular formula is C23H18FN3OS. The Kier molecular flexibility index (Phi) is 5.44. The number of aryl methyl sites for hydroxylation is 1. The van der Waals surface area contributed by atoms with Gasteiger partial charge in [-0.1, -0.05) is 36.4 Å². The van der Waals surface area contributed by atoms with Gasteiger partial charge in [-0.25, -0.2) is 9.37 Å². The van der Waals surface area contributed by atoms with Crippen LogP contribution in [0.3, 0.4) is 0 Å². The maximum Gasteiger partial charge on any atom is 0.264 e. The Morgan fingerprint density at radius 3 is 2.41 bits per heavy atom. The van der Waals surface area contributed by atoms with E-state index in [2.05, 4.69) is 15.3 Å². The number of nitrogens with one attached hydrogen (secondary N) is 1. The molecule has 0 fully saturated rings. The van der Waals surface area contributed by atoms with E-state index in [-0.39, 0.29) is 17.8 Å². The minimum absolute atomic E-state index is 0.215. The summed E-state index contributed by atoms with van der Waals surface area (Å²) in [6.45, 7) is 1.80. The van der Waals surface area contributed by atoms with E-state index in [1.807, 2.05) is 48.5 Å². The van der Waals surface area contributed by atoms with Crippen LogP contribution in [0.25, 0.3) is 10.6 Å². The lowest BCUT2D eigenvalue weighted by Crippen LogP contribution is -2.29. The third-order valence-corrected chi connectivity index (χ3v) is 5.69. The number of hydrogen-bond donors (Lipinski definition) is 1. The van der Waals surface area contributed by atoms with Crippen molar-refractivity contribution in [3.63, 3.8) is 0 Å². The second kappa shape index (κ2) is 8.32. The molecule has 0 saturated heterocycles. The van der Waals surface area contributed by atoms with E-state index in [1.165, 1.54) is 23.5 Å². The molecule has 1 unspecified atom stereocenters. The molecule has 144 valence electrons. The summed E-state index contributed by atoms with van der Waals surface area (Å²) in [5.41, 5.74) is 3.12. The van der Waals surface area contributed by atoms with Crippen LogP contribution in [0.2, 0.25) is 0 Å². The van der Waals surface area contributed by atoms with Gasteiger partial charge >= 0.3 is 0 Å². The number of carbonyl (C=O) groups is 1. The van der Waals surface area contributed by atoms with Gasteiger partial charge in [-0.2, -0.15) is 0 Å². The number of aromatic nitrogens is 2. The summed E-state index contributed by atoms with van der Waals surface area (Å²) in [7, 11) is 0. The molecule has 0 bridgehead atoms. The van der Waals surface area contributed by atoms with Crippen molar-refractivity contribution in [3.05, 3.63) is 107 Å². The van der Waals surface area contributed by atoms with Crippen LogP contribution in [-0.2, 0) is 0 Å². The summed E-state index contributed by atoms with van der Waals surface area (Å²) in [5, 5.41) is 3.77. The van der Waals surface area contributed by atoms with Crippen molar-refractivity contribution in [1.82, 2.24) is 15.3 Å². The fourth-order valence-electron chi connectivity index (χ4n) is 3.04. The highest BCUT2D eigenvalue weighted by atomic mass is 32.1. The van der Waals surface area contributed by atoms with Crippen LogP contribution in [0.4, 0.5) is 4.39 Å². The fourth-order valence-corrected chi connectivity index (χ4v) is 4.01. The predicted octanol–water partition coefficient (Wildman–Crippen LogP) is 5.17. The zero-order chi connectivity index (χ0) is 20.2. The Morgan fingerprint density at radius 1 is 1.00 bits per heavy atom. The maximum absolute atomic E-state index is 13.2. The summed E-state index contributed by atoms with van der Waals surface area (Å²) < 4.78 is 13.2. The second-order valence-electron chi connectivity index (χ2n) is 6.51. The normalized spacial score (nSPS) is 11.8. The molecule has 2 aromatic heterocycles. The van der Waals surface area contributed by atoms with Crippen molar-refractivity contribution in [2.45, 2.75) is 13.0 Å². The van der Waals surface area contributed by atoms with Crippen LogP contribution < -0.4 is 5.32 Å². The Labute approximate surface area is 172 Å². The lowest BCUT2D eigenvalue weighted by molar-refractivity contribution is 0.0945. The van der Waals surface area contributed by atoms with Gasteiger partial charge in [-0.3, -0.25) is 9.78 Å². The van der Waals surface area contributed by atoms with Gasteiger partial charge in [0.05, 0.1) is 17.4 Å². The highest BCUT2D eigenvalue weighted by Gasteiger charge is 2.22. The number of amides is 1. The molecule has 0 aliphatic carbocycles. The molecule has 4 rings (SSSR count). The third kappa shape index (κ3) is 4.22. The predicted molar refractivity (Wildman–Crippen MR) is 112 cm³/mol. The monoisotopic (exact) mass is 403 g/mol. The van der Waals surface area contributed by atoms with Crippen molar-refractivity contribution in [2.75, 3.05) is 0 Å². The number of nitrogens with zero attached hydrogens (tertiary/aromatic N) is 2. The van der Waals surface area contributed by atoms with Gasteiger partial charge in [-0.15, -0.1) is 11.3 Å². The first-order valence-electron chi connectivity index (χ1n) is 9.12. The molecule has 6 heteroatoms. The van der Waals surface area contributed by atoms with E-state index in [9.17, 15) is 9.18 Å². The largest absolute Gasteiger partial charge is 0.339 e. The molecule has 0 spiro atoms. The summed E-state index contributed by atoms with van der Waals surface area (Å²) in [5.74, 6) is -0.520. The first-order chi connectivity index (χ1) is 14.1. The van der Waals surface area contributed by atoms with Gasteiger partial charge in [0, 0.05) is 11.8 Å². The van der Waals surface area contributed by atoms with Gasteiger partial charge in [0.25, 0.3) is 5.91 Å². The van der Waals surface area contributed by atoms with Crippen LogP contribution >= 0.6 is 11.3 Å². The van der Waals surface area contributed by atoms with Crippen LogP contribution in [0.5, 0.6) is 0 Å². The summed E-state index contributed by atoms with van der Waals surface area (Å²) in [4.78, 5) is 22.5. The summed E-state index contributed by atoms with van der Waals surface area (Å²) in [6, 6.07) is 21.1. The highest BCUT2D eigenvalue weighted by Crippen LogP contribution is 2.29. The Bertz CT molecular complexity index is 1070. The third-order valence-electron chi connectivity index (χ3n) is 4.49. The van der Waals surface area contributed by atoms with E-state index in [0.717, 1.165) is 16.8 Å². The summed E-state index contributed by atoms with van der Waals surface area (Å²) in [6.07, 6.45) is 1.71. The molecule has 4 nitrogen and oxygen atoms in total. The van der Waals surface area contributed by atoms with E-state index in [0.29, 0.717) is 15.6 Å². The van der Waals surface area contributed by atoms with Crippen molar-refractivity contribution >= 4 is 17.2 Å². The van der Waals surface area contributed by atoms with Crippen molar-refractivity contribution < 1.29 is 9.18 Å². The second-order valence-corrected chi connectivity index (χ2v) is 7.51. The molecule has 0 aliphatic rings. The van der Waals surface area contributed by atoms with Crippen molar-refractivity contribution in [3.8, 4) is 10.6 Å². The molecule has 0 aliphatic heterocycles. The van der Waals surface area contributed by atoms with Crippen LogP contribution in [0.1, 0.15) is 32.7 Å². The number of hydrogen-bond acceptors (Lipinski definition) is 4. The van der Waals surface area contributed by atoms with Gasteiger partial charge in [0.1, 0.15) is 15.7 Å². The number of halogens is 1. The number of thiazole rings is 1. The average molecular weight is 403 g/mol. The fraction of sp³-hybridized carbons (Fsp3) is 0.0870. The highest BCUT2D eigenvalue weighted by molar-refractivity contribution is 7.17. The van der Waals surface area contributed by atoms with Crippen LogP contribution in [0.15, 0.2) is 79.0 Å². The van der Waals surface area contributed by atoms with Crippen LogP contribution in [0, 0.1) is 12.7 Å². The van der Waals surface area contributed by atoms with E-state index in [1.54, 1.807) is 25.3 Å². The SMILES string of the molecule is Cc1nc(-c2ccc(F)cc2)sc1C(=O)NC(c1ccccc1)c1ccccn1. The smallest absolute Gasteiger partial charge is 0.264 e. The molecule has 4 aromatic rings. The van der Waals surface area contributed by atoms with Crippen molar-refractivity contribution in [1.29, 1.82) is 0 Å². The molecule has 1 atom stereocenters. The van der Waals surface area contributed by atoms with E-state index < -0.39 is 0 Å². The number of pyridine rings is 1. The van der Waals surface area contributed by atoms with Gasteiger partial charge in [0.2, 0.25) is 0 Å². The topological polar surface area (TPSA) is 54.9 Å². The molecule has 2 heterocycles. The summed E-state index contributed by atoms with van der Waals surface area (Å²) >= 11 is 1.29. The van der Waals surface area contributed by atoms with E-state index >= 15 is 0 Å². The molecular weight excluding hydrogens is 385 g/mol. The minimum atomic E-state index is -0.374. The van der Waals surface area contributed by atoms with Gasteiger partial charge < -0.3 is 5.32 Å². The number of carbonyl (C=O) groups excluding carboxylic acids is 1. The molecule has 0 radical (unpaired) electrons. The lowest BCUT2D eigenvalue weighted by atomic mass is 10.0. The number of rotatable bonds is 5. The maximum atomic E-state index is 13.2. The van der Waals surface area contributed by atoms with Gasteiger partial charge in [0.15, 0.2) is 0 Å². The minimum Gasteiger partial charge on any atom is -0.339 e. The zero-order valence-corrected chi connectivity index (χ0v) is 16.5. The number of benzene rings is 2.